The lowest BCUT2D eigenvalue weighted by Crippen LogP contribution is -1.97. The van der Waals surface area contributed by atoms with Gasteiger partial charge in [-0.2, -0.15) is 0 Å². The van der Waals surface area contributed by atoms with E-state index in [-0.39, 0.29) is 5.78 Å². The van der Waals surface area contributed by atoms with Crippen LogP contribution < -0.4 is 0 Å². The third kappa shape index (κ3) is 2.56. The number of hydrogen-bond acceptors (Lipinski definition) is 3. The lowest BCUT2D eigenvalue weighted by atomic mass is 10.1. The van der Waals surface area contributed by atoms with Crippen LogP contribution in [0.4, 0.5) is 0 Å². The molecule has 0 fully saturated rings. The second-order valence-electron chi connectivity index (χ2n) is 3.82. The van der Waals surface area contributed by atoms with Crippen LogP contribution in [-0.4, -0.2) is 10.8 Å². The van der Waals surface area contributed by atoms with E-state index in [1.807, 2.05) is 18.3 Å². The van der Waals surface area contributed by atoms with Crippen molar-refractivity contribution in [1.29, 1.82) is 0 Å². The van der Waals surface area contributed by atoms with Crippen molar-refractivity contribution in [2.75, 3.05) is 0 Å². The van der Waals surface area contributed by atoms with E-state index in [2.05, 4.69) is 20.9 Å². The maximum Gasteiger partial charge on any atom is 0.205 e. The van der Waals surface area contributed by atoms with Gasteiger partial charge in [0.25, 0.3) is 0 Å². The molecule has 1 N–H and O–H groups in total. The quantitative estimate of drug-likeness (QED) is 0.609. The van der Waals surface area contributed by atoms with Gasteiger partial charge >= 0.3 is 0 Å². The number of rotatable bonds is 3. The van der Waals surface area contributed by atoms with E-state index in [9.17, 15) is 4.79 Å². The summed E-state index contributed by atoms with van der Waals surface area (Å²) in [6.45, 7) is 0. The van der Waals surface area contributed by atoms with Crippen molar-refractivity contribution >= 4 is 56.0 Å². The standard InChI is InChI=1S/C13H7BrClNOS2/c14-11-3-1-9(18-11)7-5-16-6-8(7)13(17)10-2-4-12(15)19-10/h1-6,16H. The van der Waals surface area contributed by atoms with Gasteiger partial charge in [0, 0.05) is 28.4 Å². The topological polar surface area (TPSA) is 32.9 Å². The van der Waals surface area contributed by atoms with Gasteiger partial charge in [-0.3, -0.25) is 4.79 Å². The van der Waals surface area contributed by atoms with Crippen LogP contribution in [0.25, 0.3) is 10.4 Å². The second-order valence-corrected chi connectivity index (χ2v) is 8.00. The first-order chi connectivity index (χ1) is 9.15. The highest BCUT2D eigenvalue weighted by molar-refractivity contribution is 9.11. The van der Waals surface area contributed by atoms with Crippen LogP contribution in [0.1, 0.15) is 15.2 Å². The Labute approximate surface area is 131 Å². The van der Waals surface area contributed by atoms with Crippen LogP contribution in [0, 0.1) is 0 Å². The summed E-state index contributed by atoms with van der Waals surface area (Å²) in [7, 11) is 0. The average Bonchev–Trinajstić information content (AvgIpc) is 3.07. The van der Waals surface area contributed by atoms with Gasteiger partial charge in [0.1, 0.15) is 0 Å². The number of thiophene rings is 2. The molecular weight excluding hydrogens is 366 g/mol. The van der Waals surface area contributed by atoms with Crippen LogP contribution in [0.2, 0.25) is 4.34 Å². The zero-order chi connectivity index (χ0) is 13.4. The van der Waals surface area contributed by atoms with Crippen molar-refractivity contribution < 1.29 is 4.79 Å². The fourth-order valence-electron chi connectivity index (χ4n) is 1.78. The molecule has 0 unspecified atom stereocenters. The van der Waals surface area contributed by atoms with Crippen molar-refractivity contribution in [3.8, 4) is 10.4 Å². The maximum atomic E-state index is 12.4. The van der Waals surface area contributed by atoms with Crippen molar-refractivity contribution in [2.24, 2.45) is 0 Å². The Morgan fingerprint density at radius 2 is 2.00 bits per heavy atom. The van der Waals surface area contributed by atoms with Gasteiger partial charge < -0.3 is 4.98 Å². The molecule has 0 saturated carbocycles. The molecule has 0 saturated heterocycles. The highest BCUT2D eigenvalue weighted by Gasteiger charge is 2.18. The van der Waals surface area contributed by atoms with Crippen molar-refractivity contribution in [2.45, 2.75) is 0 Å². The number of hydrogen-bond donors (Lipinski definition) is 1. The summed E-state index contributed by atoms with van der Waals surface area (Å²) in [5.74, 6) is -0.00216. The van der Waals surface area contributed by atoms with E-state index < -0.39 is 0 Å². The number of nitrogens with one attached hydrogen (secondary N) is 1. The zero-order valence-electron chi connectivity index (χ0n) is 9.44. The van der Waals surface area contributed by atoms with Crippen molar-refractivity contribution in [3.05, 3.63) is 55.2 Å². The summed E-state index contributed by atoms with van der Waals surface area (Å²) in [6.07, 6.45) is 3.58. The summed E-state index contributed by atoms with van der Waals surface area (Å²) < 4.78 is 1.67. The van der Waals surface area contributed by atoms with Crippen LogP contribution >= 0.6 is 50.2 Å². The molecule has 0 aliphatic carbocycles. The van der Waals surface area contributed by atoms with Crippen molar-refractivity contribution in [3.63, 3.8) is 0 Å². The smallest absolute Gasteiger partial charge is 0.205 e. The highest BCUT2D eigenvalue weighted by atomic mass is 79.9. The number of aromatic nitrogens is 1. The number of H-pyrrole nitrogens is 1. The molecule has 96 valence electrons. The molecule has 6 heteroatoms. The fourth-order valence-corrected chi connectivity index (χ4v) is 4.20. The maximum absolute atomic E-state index is 12.4. The summed E-state index contributed by atoms with van der Waals surface area (Å²) in [6, 6.07) is 7.48. The van der Waals surface area contributed by atoms with Crippen LogP contribution in [0.3, 0.4) is 0 Å². The Bertz CT molecular complexity index is 743. The van der Waals surface area contributed by atoms with Gasteiger partial charge in [0.15, 0.2) is 0 Å². The Hall–Kier alpha value is -0.880. The minimum atomic E-state index is -0.00216. The minimum Gasteiger partial charge on any atom is -0.366 e. The van der Waals surface area contributed by atoms with Gasteiger partial charge in [-0.1, -0.05) is 11.6 Å². The lowest BCUT2D eigenvalue weighted by Gasteiger charge is -1.99. The summed E-state index contributed by atoms with van der Waals surface area (Å²) >= 11 is 12.2. The first-order valence-corrected chi connectivity index (χ1v) is 8.18. The second kappa shape index (κ2) is 5.25. The highest BCUT2D eigenvalue weighted by Crippen LogP contribution is 2.35. The average molecular weight is 373 g/mol. The Morgan fingerprint density at radius 1 is 1.16 bits per heavy atom. The Kier molecular flexibility index (Phi) is 3.62. The molecule has 0 amide bonds. The van der Waals surface area contributed by atoms with E-state index in [4.69, 9.17) is 11.6 Å². The number of carbonyl (C=O) groups is 1. The lowest BCUT2D eigenvalue weighted by molar-refractivity contribution is 0.104. The molecular formula is C13H7BrClNOS2. The third-order valence-corrected chi connectivity index (χ3v) is 5.51. The molecule has 0 atom stereocenters. The molecule has 3 aromatic rings. The number of halogens is 2. The number of aromatic amines is 1. The van der Waals surface area contributed by atoms with Gasteiger partial charge in [0.2, 0.25) is 5.78 Å². The van der Waals surface area contributed by atoms with Gasteiger partial charge in [-0.15, -0.1) is 22.7 Å². The third-order valence-electron chi connectivity index (χ3n) is 2.63. The molecule has 3 rings (SSSR count). The van der Waals surface area contributed by atoms with E-state index >= 15 is 0 Å². The van der Waals surface area contributed by atoms with Crippen LogP contribution in [-0.2, 0) is 0 Å². The number of ketones is 1. The summed E-state index contributed by atoms with van der Waals surface area (Å²) in [4.78, 5) is 17.2. The van der Waals surface area contributed by atoms with E-state index in [0.29, 0.717) is 14.8 Å². The van der Waals surface area contributed by atoms with Crippen LogP contribution in [0.5, 0.6) is 0 Å². The Morgan fingerprint density at radius 3 is 2.63 bits per heavy atom. The Balaban J connectivity index is 2.03. The first-order valence-electron chi connectivity index (χ1n) is 5.37. The predicted molar refractivity (Wildman–Crippen MR) is 84.6 cm³/mol. The fraction of sp³-hybridized carbons (Fsp3) is 0. The summed E-state index contributed by atoms with van der Waals surface area (Å²) in [5, 5.41) is 0. The SMILES string of the molecule is O=C(c1ccc(Cl)s1)c1c[nH]cc1-c1ccc(Br)s1. The molecule has 0 bridgehead atoms. The zero-order valence-corrected chi connectivity index (χ0v) is 13.4. The minimum absolute atomic E-state index is 0.00216. The molecule has 0 aliphatic rings. The molecule has 0 aromatic carbocycles. The van der Waals surface area contributed by atoms with Crippen LogP contribution in [0.15, 0.2) is 40.4 Å². The molecule has 3 heterocycles. The molecule has 2 nitrogen and oxygen atoms in total. The first kappa shape index (κ1) is 13.1. The number of carbonyl (C=O) groups excluding carboxylic acids is 1. The van der Waals surface area contributed by atoms with Gasteiger partial charge in [-0.25, -0.2) is 0 Å². The van der Waals surface area contributed by atoms with E-state index in [1.165, 1.54) is 11.3 Å². The molecule has 0 spiro atoms. The van der Waals surface area contributed by atoms with E-state index in [1.54, 1.807) is 29.7 Å². The predicted octanol–water partition coefficient (Wildman–Crippen LogP) is 5.45. The monoisotopic (exact) mass is 371 g/mol. The molecule has 0 radical (unpaired) electrons. The molecule has 19 heavy (non-hydrogen) atoms. The molecule has 3 aromatic heterocycles. The van der Waals surface area contributed by atoms with Gasteiger partial charge in [0.05, 0.1) is 13.0 Å². The van der Waals surface area contributed by atoms with E-state index in [0.717, 1.165) is 14.2 Å². The summed E-state index contributed by atoms with van der Waals surface area (Å²) in [5.41, 5.74) is 1.60. The largest absolute Gasteiger partial charge is 0.366 e. The molecule has 0 aliphatic heterocycles. The van der Waals surface area contributed by atoms with Gasteiger partial charge in [-0.05, 0) is 40.2 Å². The normalized spacial score (nSPS) is 10.8. The van der Waals surface area contributed by atoms with Crippen molar-refractivity contribution in [1.82, 2.24) is 4.98 Å².